The summed E-state index contributed by atoms with van der Waals surface area (Å²) in [5.74, 6) is 6.77. The van der Waals surface area contributed by atoms with Crippen molar-refractivity contribution in [3.63, 3.8) is 0 Å². The molecule has 0 amide bonds. The zero-order valence-corrected chi connectivity index (χ0v) is 13.2. The Morgan fingerprint density at radius 3 is 2.04 bits per heavy atom. The van der Waals surface area contributed by atoms with Gasteiger partial charge in [0, 0.05) is 17.7 Å². The van der Waals surface area contributed by atoms with E-state index in [0.29, 0.717) is 5.92 Å². The number of rotatable bonds is 1. The maximum atomic E-state index is 11.2. The van der Waals surface area contributed by atoms with Crippen LogP contribution in [0.1, 0.15) is 29.5 Å². The van der Waals surface area contributed by atoms with Gasteiger partial charge in [-0.15, -0.1) is 0 Å². The van der Waals surface area contributed by atoms with Crippen molar-refractivity contribution in [3.05, 3.63) is 71.3 Å². The van der Waals surface area contributed by atoms with Gasteiger partial charge >= 0.3 is 0 Å². The van der Waals surface area contributed by atoms with Crippen LogP contribution < -0.4 is 0 Å². The van der Waals surface area contributed by atoms with Crippen LogP contribution >= 0.6 is 0 Å². The van der Waals surface area contributed by atoms with Crippen LogP contribution in [-0.4, -0.2) is 29.6 Å². The Balaban J connectivity index is 1.56. The molecule has 3 aliphatic heterocycles. The summed E-state index contributed by atoms with van der Waals surface area (Å²) < 4.78 is 0. The molecule has 1 unspecified atom stereocenters. The fourth-order valence-electron chi connectivity index (χ4n) is 3.87. The lowest BCUT2D eigenvalue weighted by atomic mass is 9.71. The standard InChI is InChI=1S/C21H21NO/c23-21(16-22-14-12-20(21)13-15-22)19-10-8-18(9-11-19)7-6-17-4-2-1-3-5-17/h1-5,8-11,20,23H,12-16H2. The summed E-state index contributed by atoms with van der Waals surface area (Å²) in [5.41, 5.74) is 2.37. The first-order chi connectivity index (χ1) is 11.2. The second-order valence-electron chi connectivity index (χ2n) is 6.67. The van der Waals surface area contributed by atoms with E-state index in [1.54, 1.807) is 0 Å². The second-order valence-corrected chi connectivity index (χ2v) is 6.67. The van der Waals surface area contributed by atoms with E-state index in [-0.39, 0.29) is 0 Å². The van der Waals surface area contributed by atoms with Crippen LogP contribution in [0, 0.1) is 17.8 Å². The van der Waals surface area contributed by atoms with Gasteiger partial charge in [-0.25, -0.2) is 0 Å². The Morgan fingerprint density at radius 2 is 1.48 bits per heavy atom. The van der Waals surface area contributed by atoms with Gasteiger partial charge < -0.3 is 10.0 Å². The SMILES string of the molecule is OC1(c2ccc(C#Cc3ccccc3)cc2)CN2CCC1CC2. The second kappa shape index (κ2) is 5.85. The third-order valence-corrected chi connectivity index (χ3v) is 5.24. The van der Waals surface area contributed by atoms with E-state index in [1.807, 2.05) is 42.5 Å². The van der Waals surface area contributed by atoms with Crippen molar-refractivity contribution < 1.29 is 5.11 Å². The van der Waals surface area contributed by atoms with Gasteiger partial charge in [0.05, 0.1) is 0 Å². The minimum atomic E-state index is -0.679. The molecule has 2 aromatic carbocycles. The van der Waals surface area contributed by atoms with E-state index in [9.17, 15) is 5.11 Å². The van der Waals surface area contributed by atoms with Crippen molar-refractivity contribution in [1.29, 1.82) is 0 Å². The third kappa shape index (κ3) is 2.79. The lowest BCUT2D eigenvalue weighted by molar-refractivity contribution is -0.117. The van der Waals surface area contributed by atoms with Crippen molar-refractivity contribution in [2.75, 3.05) is 19.6 Å². The quantitative estimate of drug-likeness (QED) is 0.819. The molecule has 116 valence electrons. The Bertz CT molecular complexity index is 733. The minimum Gasteiger partial charge on any atom is -0.384 e. The van der Waals surface area contributed by atoms with Crippen LogP contribution in [0.2, 0.25) is 0 Å². The molecule has 0 saturated carbocycles. The molecule has 2 bridgehead atoms. The summed E-state index contributed by atoms with van der Waals surface area (Å²) in [6.45, 7) is 3.04. The van der Waals surface area contributed by atoms with Gasteiger partial charge in [-0.2, -0.15) is 0 Å². The van der Waals surface area contributed by atoms with Gasteiger partial charge in [0.25, 0.3) is 0 Å². The molecule has 0 aromatic heterocycles. The number of benzene rings is 2. The summed E-state index contributed by atoms with van der Waals surface area (Å²) in [4.78, 5) is 2.38. The normalized spacial score (nSPS) is 28.9. The zero-order chi connectivity index (χ0) is 15.7. The summed E-state index contributed by atoms with van der Waals surface area (Å²) in [5, 5.41) is 11.2. The molecule has 1 N–H and O–H groups in total. The fraction of sp³-hybridized carbons (Fsp3) is 0.333. The zero-order valence-electron chi connectivity index (χ0n) is 13.2. The predicted molar refractivity (Wildman–Crippen MR) is 91.9 cm³/mol. The number of piperidine rings is 3. The smallest absolute Gasteiger partial charge is 0.105 e. The van der Waals surface area contributed by atoms with Gasteiger partial charge in [-0.05, 0) is 61.7 Å². The maximum Gasteiger partial charge on any atom is 0.105 e. The average molecular weight is 303 g/mol. The molecule has 0 aliphatic carbocycles. The van der Waals surface area contributed by atoms with E-state index in [4.69, 9.17) is 0 Å². The maximum absolute atomic E-state index is 11.2. The van der Waals surface area contributed by atoms with E-state index in [2.05, 4.69) is 28.9 Å². The molecule has 3 fully saturated rings. The number of hydrogen-bond acceptors (Lipinski definition) is 2. The van der Waals surface area contributed by atoms with E-state index >= 15 is 0 Å². The van der Waals surface area contributed by atoms with Gasteiger partial charge in [0.15, 0.2) is 0 Å². The highest BCUT2D eigenvalue weighted by atomic mass is 16.3. The van der Waals surface area contributed by atoms with Crippen LogP contribution in [0.3, 0.4) is 0 Å². The van der Waals surface area contributed by atoms with Crippen LogP contribution in [0.25, 0.3) is 0 Å². The molecule has 1 atom stereocenters. The molecule has 3 aliphatic rings. The van der Waals surface area contributed by atoms with Crippen molar-refractivity contribution in [2.45, 2.75) is 18.4 Å². The van der Waals surface area contributed by atoms with Gasteiger partial charge in [0.1, 0.15) is 5.60 Å². The lowest BCUT2D eigenvalue weighted by Crippen LogP contribution is -2.57. The van der Waals surface area contributed by atoms with E-state index in [0.717, 1.165) is 49.2 Å². The first-order valence-corrected chi connectivity index (χ1v) is 8.36. The van der Waals surface area contributed by atoms with Crippen LogP contribution in [0.4, 0.5) is 0 Å². The molecule has 3 heterocycles. The first kappa shape index (κ1) is 14.5. The lowest BCUT2D eigenvalue weighted by Gasteiger charge is -2.50. The molecule has 0 spiro atoms. The highest BCUT2D eigenvalue weighted by Crippen LogP contribution is 2.42. The Kier molecular flexibility index (Phi) is 3.69. The number of fused-ring (bicyclic) bond motifs is 3. The van der Waals surface area contributed by atoms with Crippen molar-refractivity contribution in [2.24, 2.45) is 5.92 Å². The van der Waals surface area contributed by atoms with Crippen LogP contribution in [0.15, 0.2) is 54.6 Å². The molecule has 2 aromatic rings. The molecule has 5 rings (SSSR count). The third-order valence-electron chi connectivity index (χ3n) is 5.24. The highest BCUT2D eigenvalue weighted by molar-refractivity contribution is 5.44. The van der Waals surface area contributed by atoms with Gasteiger partial charge in [0.2, 0.25) is 0 Å². The molecular formula is C21H21NO. The summed E-state index contributed by atoms with van der Waals surface area (Å²) in [6, 6.07) is 18.2. The number of aliphatic hydroxyl groups is 1. The number of hydrogen-bond donors (Lipinski definition) is 1. The van der Waals surface area contributed by atoms with E-state index in [1.165, 1.54) is 0 Å². The van der Waals surface area contributed by atoms with Crippen LogP contribution in [-0.2, 0) is 5.60 Å². The average Bonchev–Trinajstić information content (AvgIpc) is 2.62. The molecule has 2 heteroatoms. The van der Waals surface area contributed by atoms with Crippen molar-refractivity contribution in [1.82, 2.24) is 4.90 Å². The minimum absolute atomic E-state index is 0.397. The highest BCUT2D eigenvalue weighted by Gasteiger charge is 2.46. The van der Waals surface area contributed by atoms with Crippen molar-refractivity contribution in [3.8, 4) is 11.8 Å². The number of nitrogens with zero attached hydrogens (tertiary/aromatic N) is 1. The van der Waals surface area contributed by atoms with Gasteiger partial charge in [-0.1, -0.05) is 42.2 Å². The predicted octanol–water partition coefficient (Wildman–Crippen LogP) is 3.00. The first-order valence-electron chi connectivity index (χ1n) is 8.36. The summed E-state index contributed by atoms with van der Waals surface area (Å²) in [6.07, 6.45) is 2.21. The topological polar surface area (TPSA) is 23.5 Å². The Morgan fingerprint density at radius 1 is 0.870 bits per heavy atom. The molecular weight excluding hydrogens is 282 g/mol. The molecule has 0 radical (unpaired) electrons. The monoisotopic (exact) mass is 303 g/mol. The Hall–Kier alpha value is -2.08. The molecule has 3 saturated heterocycles. The van der Waals surface area contributed by atoms with Crippen LogP contribution in [0.5, 0.6) is 0 Å². The van der Waals surface area contributed by atoms with E-state index < -0.39 is 5.60 Å². The summed E-state index contributed by atoms with van der Waals surface area (Å²) in [7, 11) is 0. The largest absolute Gasteiger partial charge is 0.384 e. The fourth-order valence-corrected chi connectivity index (χ4v) is 3.87. The Labute approximate surface area is 137 Å². The summed E-state index contributed by atoms with van der Waals surface area (Å²) >= 11 is 0. The van der Waals surface area contributed by atoms with Crippen molar-refractivity contribution >= 4 is 0 Å². The molecule has 2 nitrogen and oxygen atoms in total. The molecule has 23 heavy (non-hydrogen) atoms. The van der Waals surface area contributed by atoms with Gasteiger partial charge in [-0.3, -0.25) is 0 Å².